The molecule has 0 atom stereocenters. The molecule has 2 aromatic rings. The Kier molecular flexibility index (Phi) is 2.15. The van der Waals surface area contributed by atoms with Crippen LogP contribution in [0.15, 0.2) is 18.2 Å². The highest BCUT2D eigenvalue weighted by molar-refractivity contribution is 7.92. The van der Waals surface area contributed by atoms with Crippen LogP contribution in [0.3, 0.4) is 0 Å². The van der Waals surface area contributed by atoms with Gasteiger partial charge >= 0.3 is 0 Å². The monoisotopic (exact) mass is 225 g/mol. The average molecular weight is 225 g/mol. The summed E-state index contributed by atoms with van der Waals surface area (Å²) in [6.45, 7) is 1.82. The Morgan fingerprint density at radius 3 is 2.80 bits per heavy atom. The molecule has 0 saturated heterocycles. The lowest BCUT2D eigenvalue weighted by atomic mass is 10.3. The molecule has 15 heavy (non-hydrogen) atoms. The number of imidazole rings is 1. The lowest BCUT2D eigenvalue weighted by molar-refractivity contribution is 0.607. The number of aromatic amines is 1. The van der Waals surface area contributed by atoms with Gasteiger partial charge < -0.3 is 4.98 Å². The maximum atomic E-state index is 11.1. The highest BCUT2D eigenvalue weighted by Crippen LogP contribution is 2.21. The van der Waals surface area contributed by atoms with Gasteiger partial charge in [0.05, 0.1) is 17.5 Å². The molecule has 0 unspecified atom stereocenters. The number of sulfonamides is 1. The van der Waals surface area contributed by atoms with Crippen molar-refractivity contribution in [1.29, 1.82) is 0 Å². The molecule has 0 radical (unpaired) electrons. The van der Waals surface area contributed by atoms with E-state index < -0.39 is 10.0 Å². The van der Waals surface area contributed by atoms with E-state index in [1.165, 1.54) is 0 Å². The molecule has 0 aliphatic rings. The summed E-state index contributed by atoms with van der Waals surface area (Å²) in [5, 5.41) is 0. The first-order valence-electron chi connectivity index (χ1n) is 4.39. The number of nitrogens with zero attached hydrogens (tertiary/aromatic N) is 1. The number of nitrogens with one attached hydrogen (secondary N) is 2. The van der Waals surface area contributed by atoms with Crippen LogP contribution in [-0.2, 0) is 10.0 Å². The van der Waals surface area contributed by atoms with Gasteiger partial charge in [0.25, 0.3) is 0 Å². The minimum absolute atomic E-state index is 0.499. The smallest absolute Gasteiger partial charge is 0.229 e. The van der Waals surface area contributed by atoms with Crippen molar-refractivity contribution >= 4 is 26.7 Å². The van der Waals surface area contributed by atoms with Gasteiger partial charge in [0.1, 0.15) is 11.3 Å². The van der Waals surface area contributed by atoms with Gasteiger partial charge in [-0.15, -0.1) is 0 Å². The zero-order chi connectivity index (χ0) is 11.1. The first-order chi connectivity index (χ1) is 6.96. The minimum atomic E-state index is -3.26. The van der Waals surface area contributed by atoms with E-state index in [0.717, 1.165) is 17.6 Å². The van der Waals surface area contributed by atoms with E-state index in [9.17, 15) is 8.42 Å². The van der Waals surface area contributed by atoms with E-state index in [1.807, 2.05) is 13.0 Å². The molecule has 1 heterocycles. The highest BCUT2D eigenvalue weighted by Gasteiger charge is 2.08. The van der Waals surface area contributed by atoms with Gasteiger partial charge in [0.15, 0.2) is 0 Å². The molecule has 0 aliphatic heterocycles. The number of fused-ring (bicyclic) bond motifs is 1. The fraction of sp³-hybridized carbons (Fsp3) is 0.222. The van der Waals surface area contributed by atoms with E-state index in [1.54, 1.807) is 12.1 Å². The second-order valence-corrected chi connectivity index (χ2v) is 5.15. The number of hydrogen-bond donors (Lipinski definition) is 2. The van der Waals surface area contributed by atoms with Crippen LogP contribution in [-0.4, -0.2) is 24.6 Å². The largest absolute Gasteiger partial charge is 0.342 e. The average Bonchev–Trinajstić information content (AvgIpc) is 2.43. The second kappa shape index (κ2) is 3.23. The predicted molar refractivity (Wildman–Crippen MR) is 59.3 cm³/mol. The normalized spacial score (nSPS) is 11.9. The van der Waals surface area contributed by atoms with Crippen LogP contribution in [0.2, 0.25) is 0 Å². The Morgan fingerprint density at radius 1 is 1.40 bits per heavy atom. The van der Waals surface area contributed by atoms with Gasteiger partial charge in [0, 0.05) is 0 Å². The molecule has 0 amide bonds. The third kappa shape index (κ3) is 2.10. The maximum Gasteiger partial charge on any atom is 0.229 e. The van der Waals surface area contributed by atoms with Crippen molar-refractivity contribution in [3.63, 3.8) is 0 Å². The van der Waals surface area contributed by atoms with Crippen LogP contribution in [0.1, 0.15) is 5.82 Å². The Hall–Kier alpha value is -1.56. The number of hydrogen-bond acceptors (Lipinski definition) is 3. The van der Waals surface area contributed by atoms with Crippen molar-refractivity contribution in [2.24, 2.45) is 0 Å². The van der Waals surface area contributed by atoms with Gasteiger partial charge in [-0.1, -0.05) is 6.07 Å². The van der Waals surface area contributed by atoms with Crippen LogP contribution in [0.25, 0.3) is 11.0 Å². The Balaban J connectivity index is 2.60. The van der Waals surface area contributed by atoms with Crippen molar-refractivity contribution in [3.8, 4) is 0 Å². The third-order valence-corrected chi connectivity index (χ3v) is 2.52. The second-order valence-electron chi connectivity index (χ2n) is 3.40. The number of H-pyrrole nitrogens is 1. The molecule has 0 spiro atoms. The van der Waals surface area contributed by atoms with Crippen molar-refractivity contribution < 1.29 is 8.42 Å². The molecule has 1 aromatic heterocycles. The Morgan fingerprint density at radius 2 is 2.13 bits per heavy atom. The molecule has 0 aliphatic carbocycles. The summed E-state index contributed by atoms with van der Waals surface area (Å²) in [6.07, 6.45) is 1.12. The molecule has 2 rings (SSSR count). The van der Waals surface area contributed by atoms with Crippen LogP contribution in [0.5, 0.6) is 0 Å². The van der Waals surface area contributed by atoms with Crippen molar-refractivity contribution in [1.82, 2.24) is 9.97 Å². The molecular weight excluding hydrogens is 214 g/mol. The van der Waals surface area contributed by atoms with Gasteiger partial charge in [-0.3, -0.25) is 4.72 Å². The lowest BCUT2D eigenvalue weighted by Gasteiger charge is -2.03. The standard InChI is InChI=1S/C9H11N3O2S/c1-6-10-7-4-3-5-8(9(7)11-6)12-15(2,13)14/h3-5,12H,1-2H3,(H,10,11). The van der Waals surface area contributed by atoms with Crippen molar-refractivity contribution in [2.75, 3.05) is 11.0 Å². The minimum Gasteiger partial charge on any atom is -0.342 e. The van der Waals surface area contributed by atoms with Crippen molar-refractivity contribution in [3.05, 3.63) is 24.0 Å². The van der Waals surface area contributed by atoms with Gasteiger partial charge in [-0.05, 0) is 19.1 Å². The molecular formula is C9H11N3O2S. The summed E-state index contributed by atoms with van der Waals surface area (Å²) in [6, 6.07) is 5.31. The number of aromatic nitrogens is 2. The van der Waals surface area contributed by atoms with Crippen LogP contribution < -0.4 is 4.72 Å². The number of aryl methyl sites for hydroxylation is 1. The number of para-hydroxylation sites is 1. The summed E-state index contributed by atoms with van der Waals surface area (Å²) in [4.78, 5) is 7.25. The van der Waals surface area contributed by atoms with E-state index in [-0.39, 0.29) is 0 Å². The SMILES string of the molecule is Cc1nc2c(NS(C)(=O)=O)cccc2[nH]1. The lowest BCUT2D eigenvalue weighted by Crippen LogP contribution is -2.09. The quantitative estimate of drug-likeness (QED) is 0.807. The summed E-state index contributed by atoms with van der Waals surface area (Å²) in [5.41, 5.74) is 1.96. The van der Waals surface area contributed by atoms with Crippen LogP contribution in [0.4, 0.5) is 5.69 Å². The molecule has 0 bridgehead atoms. The summed E-state index contributed by atoms with van der Waals surface area (Å²) in [5.74, 6) is 0.757. The molecule has 0 fully saturated rings. The molecule has 0 saturated carbocycles. The fourth-order valence-corrected chi connectivity index (χ4v) is 2.00. The van der Waals surface area contributed by atoms with E-state index in [0.29, 0.717) is 11.2 Å². The number of benzene rings is 1. The van der Waals surface area contributed by atoms with Crippen LogP contribution >= 0.6 is 0 Å². The van der Waals surface area contributed by atoms with Crippen molar-refractivity contribution in [2.45, 2.75) is 6.92 Å². The summed E-state index contributed by atoms with van der Waals surface area (Å²) in [7, 11) is -3.26. The molecule has 6 heteroatoms. The predicted octanol–water partition coefficient (Wildman–Crippen LogP) is 1.24. The first-order valence-corrected chi connectivity index (χ1v) is 6.28. The van der Waals surface area contributed by atoms with Gasteiger partial charge in [0.2, 0.25) is 10.0 Å². The topological polar surface area (TPSA) is 74.8 Å². The number of rotatable bonds is 2. The molecule has 2 N–H and O–H groups in total. The van der Waals surface area contributed by atoms with E-state index in [2.05, 4.69) is 14.7 Å². The third-order valence-electron chi connectivity index (χ3n) is 1.93. The van der Waals surface area contributed by atoms with E-state index in [4.69, 9.17) is 0 Å². The van der Waals surface area contributed by atoms with Gasteiger partial charge in [-0.2, -0.15) is 0 Å². The Bertz CT molecular complexity index is 601. The molecule has 80 valence electrons. The summed E-state index contributed by atoms with van der Waals surface area (Å²) >= 11 is 0. The summed E-state index contributed by atoms with van der Waals surface area (Å²) < 4.78 is 24.6. The molecule has 1 aromatic carbocycles. The zero-order valence-electron chi connectivity index (χ0n) is 8.40. The van der Waals surface area contributed by atoms with E-state index >= 15 is 0 Å². The van der Waals surface area contributed by atoms with Gasteiger partial charge in [-0.25, -0.2) is 13.4 Å². The van der Waals surface area contributed by atoms with Crippen LogP contribution in [0, 0.1) is 6.92 Å². The zero-order valence-corrected chi connectivity index (χ0v) is 9.22. The maximum absolute atomic E-state index is 11.1. The fourth-order valence-electron chi connectivity index (χ4n) is 1.44. The Labute approximate surface area is 87.6 Å². The number of anilines is 1. The highest BCUT2D eigenvalue weighted by atomic mass is 32.2. The molecule has 5 nitrogen and oxygen atoms in total. The first kappa shape index (κ1) is 9.97.